The summed E-state index contributed by atoms with van der Waals surface area (Å²) in [5, 5.41) is 13.4. The lowest BCUT2D eigenvalue weighted by Gasteiger charge is -2.26. The van der Waals surface area contributed by atoms with E-state index in [1.165, 1.54) is 12.8 Å². The van der Waals surface area contributed by atoms with Crippen LogP contribution in [0.2, 0.25) is 0 Å². The average molecular weight is 277 g/mol. The van der Waals surface area contributed by atoms with Crippen molar-refractivity contribution >= 4 is 5.91 Å². The summed E-state index contributed by atoms with van der Waals surface area (Å²) < 4.78 is 5.11. The van der Waals surface area contributed by atoms with E-state index >= 15 is 0 Å². The molecule has 4 nitrogen and oxygen atoms in total. The van der Waals surface area contributed by atoms with Crippen molar-refractivity contribution in [1.29, 1.82) is 0 Å². The molecule has 0 bridgehead atoms. The Bertz CT molecular complexity index is 451. The molecule has 1 aliphatic rings. The van der Waals surface area contributed by atoms with Gasteiger partial charge in [-0.2, -0.15) is 0 Å². The molecule has 2 rings (SSSR count). The number of hydrogen-bond acceptors (Lipinski definition) is 3. The van der Waals surface area contributed by atoms with Gasteiger partial charge in [0.05, 0.1) is 12.7 Å². The van der Waals surface area contributed by atoms with E-state index in [2.05, 4.69) is 5.32 Å². The zero-order chi connectivity index (χ0) is 14.4. The summed E-state index contributed by atoms with van der Waals surface area (Å²) in [6.45, 7) is 0.322. The molecule has 0 saturated heterocycles. The van der Waals surface area contributed by atoms with E-state index < -0.39 is 5.60 Å². The molecule has 1 aliphatic carbocycles. The number of amides is 1. The highest BCUT2D eigenvalue weighted by Crippen LogP contribution is 2.26. The third-order valence-corrected chi connectivity index (χ3v) is 3.94. The van der Waals surface area contributed by atoms with Crippen LogP contribution in [0.15, 0.2) is 24.3 Å². The van der Waals surface area contributed by atoms with E-state index in [0.717, 1.165) is 25.7 Å². The van der Waals surface area contributed by atoms with Crippen molar-refractivity contribution in [2.24, 2.45) is 0 Å². The Balaban J connectivity index is 1.93. The summed E-state index contributed by atoms with van der Waals surface area (Å²) >= 11 is 0. The smallest absolute Gasteiger partial charge is 0.251 e. The summed E-state index contributed by atoms with van der Waals surface area (Å²) in [7, 11) is 1.57. The van der Waals surface area contributed by atoms with Crippen LogP contribution in [-0.4, -0.2) is 30.3 Å². The molecule has 4 heteroatoms. The normalized spacial score (nSPS) is 18.1. The number of carbonyl (C=O) groups excluding carboxylic acids is 1. The van der Waals surface area contributed by atoms with Crippen LogP contribution >= 0.6 is 0 Å². The predicted molar refractivity (Wildman–Crippen MR) is 78.0 cm³/mol. The molecule has 0 spiro atoms. The van der Waals surface area contributed by atoms with Gasteiger partial charge in [0.25, 0.3) is 5.91 Å². The number of methoxy groups -OCH3 is 1. The second-order valence-electron chi connectivity index (χ2n) is 5.55. The molecule has 20 heavy (non-hydrogen) atoms. The van der Waals surface area contributed by atoms with Gasteiger partial charge in [0.2, 0.25) is 0 Å². The van der Waals surface area contributed by atoms with Crippen LogP contribution in [0.3, 0.4) is 0 Å². The SMILES string of the molecule is COc1cccc(C(=O)NCC2(O)CCCCCC2)c1. The first kappa shape index (κ1) is 14.9. The average Bonchev–Trinajstić information content (AvgIpc) is 2.70. The fourth-order valence-electron chi connectivity index (χ4n) is 2.67. The second kappa shape index (κ2) is 6.75. The summed E-state index contributed by atoms with van der Waals surface area (Å²) in [4.78, 5) is 12.1. The lowest BCUT2D eigenvalue weighted by molar-refractivity contribution is 0.0246. The summed E-state index contributed by atoms with van der Waals surface area (Å²) in [5.74, 6) is 0.493. The molecular formula is C16H23NO3. The number of aliphatic hydroxyl groups is 1. The van der Waals surface area contributed by atoms with Gasteiger partial charge in [-0.05, 0) is 31.0 Å². The number of rotatable bonds is 4. The minimum atomic E-state index is -0.745. The predicted octanol–water partition coefficient (Wildman–Crippen LogP) is 2.51. The van der Waals surface area contributed by atoms with Gasteiger partial charge in [-0.3, -0.25) is 4.79 Å². The fraction of sp³-hybridized carbons (Fsp3) is 0.562. The summed E-state index contributed by atoms with van der Waals surface area (Å²) in [6, 6.07) is 7.03. The van der Waals surface area contributed by atoms with Crippen molar-refractivity contribution in [3.63, 3.8) is 0 Å². The molecule has 1 fully saturated rings. The quantitative estimate of drug-likeness (QED) is 0.831. The Kier molecular flexibility index (Phi) is 5.01. The summed E-state index contributed by atoms with van der Waals surface area (Å²) in [5.41, 5.74) is -0.188. The highest BCUT2D eigenvalue weighted by molar-refractivity contribution is 5.94. The standard InChI is InChI=1S/C16H23NO3/c1-20-14-8-6-7-13(11-14)15(18)17-12-16(19)9-4-2-3-5-10-16/h6-8,11,19H,2-5,9-10,12H2,1H3,(H,17,18). The van der Waals surface area contributed by atoms with Crippen molar-refractivity contribution in [3.8, 4) is 5.75 Å². The molecule has 1 aromatic carbocycles. The molecule has 1 saturated carbocycles. The number of carbonyl (C=O) groups is 1. The lowest BCUT2D eigenvalue weighted by Crippen LogP contribution is -2.42. The maximum absolute atomic E-state index is 12.1. The third-order valence-electron chi connectivity index (χ3n) is 3.94. The van der Waals surface area contributed by atoms with E-state index in [9.17, 15) is 9.90 Å². The Labute approximate surface area is 120 Å². The molecule has 2 N–H and O–H groups in total. The van der Waals surface area contributed by atoms with E-state index in [-0.39, 0.29) is 5.91 Å². The van der Waals surface area contributed by atoms with Gasteiger partial charge >= 0.3 is 0 Å². The van der Waals surface area contributed by atoms with Gasteiger partial charge < -0.3 is 15.2 Å². The number of benzene rings is 1. The van der Waals surface area contributed by atoms with Crippen molar-refractivity contribution in [2.45, 2.75) is 44.1 Å². The van der Waals surface area contributed by atoms with Gasteiger partial charge in [-0.25, -0.2) is 0 Å². The fourth-order valence-corrected chi connectivity index (χ4v) is 2.67. The zero-order valence-electron chi connectivity index (χ0n) is 12.0. The Morgan fingerprint density at radius 3 is 2.65 bits per heavy atom. The Morgan fingerprint density at radius 1 is 1.30 bits per heavy atom. The van der Waals surface area contributed by atoms with Crippen LogP contribution in [0.5, 0.6) is 5.75 Å². The van der Waals surface area contributed by atoms with E-state index in [4.69, 9.17) is 4.74 Å². The molecule has 0 aromatic heterocycles. The Morgan fingerprint density at radius 2 is 2.00 bits per heavy atom. The second-order valence-corrected chi connectivity index (χ2v) is 5.55. The van der Waals surface area contributed by atoms with Crippen molar-refractivity contribution < 1.29 is 14.6 Å². The topological polar surface area (TPSA) is 58.6 Å². The van der Waals surface area contributed by atoms with Crippen LogP contribution in [0.1, 0.15) is 48.9 Å². The van der Waals surface area contributed by atoms with Crippen LogP contribution in [-0.2, 0) is 0 Å². The minimum absolute atomic E-state index is 0.165. The first-order valence-corrected chi connectivity index (χ1v) is 7.28. The van der Waals surface area contributed by atoms with Crippen molar-refractivity contribution in [2.75, 3.05) is 13.7 Å². The van der Waals surface area contributed by atoms with E-state index in [1.807, 2.05) is 0 Å². The highest BCUT2D eigenvalue weighted by atomic mass is 16.5. The Hall–Kier alpha value is -1.55. The molecule has 110 valence electrons. The van der Waals surface area contributed by atoms with Crippen LogP contribution in [0.4, 0.5) is 0 Å². The van der Waals surface area contributed by atoms with E-state index in [1.54, 1.807) is 31.4 Å². The van der Waals surface area contributed by atoms with Crippen LogP contribution < -0.4 is 10.1 Å². The molecular weight excluding hydrogens is 254 g/mol. The molecule has 0 radical (unpaired) electrons. The molecule has 1 amide bonds. The van der Waals surface area contributed by atoms with Crippen molar-refractivity contribution in [1.82, 2.24) is 5.32 Å². The molecule has 0 atom stereocenters. The number of nitrogens with one attached hydrogen (secondary N) is 1. The van der Waals surface area contributed by atoms with Gasteiger partial charge in [0.15, 0.2) is 0 Å². The van der Waals surface area contributed by atoms with Crippen LogP contribution in [0, 0.1) is 0 Å². The van der Waals surface area contributed by atoms with Gasteiger partial charge in [-0.15, -0.1) is 0 Å². The molecule has 0 heterocycles. The third kappa shape index (κ3) is 3.97. The largest absolute Gasteiger partial charge is 0.497 e. The first-order chi connectivity index (χ1) is 9.63. The maximum atomic E-state index is 12.1. The van der Waals surface area contributed by atoms with Gasteiger partial charge in [0.1, 0.15) is 5.75 Å². The maximum Gasteiger partial charge on any atom is 0.251 e. The molecule has 0 unspecified atom stereocenters. The van der Waals surface area contributed by atoms with Crippen molar-refractivity contribution in [3.05, 3.63) is 29.8 Å². The van der Waals surface area contributed by atoms with Gasteiger partial charge in [-0.1, -0.05) is 31.7 Å². The first-order valence-electron chi connectivity index (χ1n) is 7.28. The minimum Gasteiger partial charge on any atom is -0.497 e. The monoisotopic (exact) mass is 277 g/mol. The number of hydrogen-bond donors (Lipinski definition) is 2. The molecule has 1 aromatic rings. The van der Waals surface area contributed by atoms with Gasteiger partial charge in [0, 0.05) is 12.1 Å². The lowest BCUT2D eigenvalue weighted by atomic mass is 9.94. The van der Waals surface area contributed by atoms with Crippen LogP contribution in [0.25, 0.3) is 0 Å². The summed E-state index contributed by atoms with van der Waals surface area (Å²) in [6.07, 6.45) is 5.95. The molecule has 0 aliphatic heterocycles. The highest BCUT2D eigenvalue weighted by Gasteiger charge is 2.28. The van der Waals surface area contributed by atoms with E-state index in [0.29, 0.717) is 17.9 Å². The zero-order valence-corrected chi connectivity index (χ0v) is 12.0. The number of ether oxygens (including phenoxy) is 1.